The van der Waals surface area contributed by atoms with Crippen molar-refractivity contribution in [3.05, 3.63) is 34.1 Å². The molecule has 4 aliphatic carbocycles. The maximum absolute atomic E-state index is 12.9. The number of aryl methyl sites for hydroxylation is 1. The lowest BCUT2D eigenvalue weighted by atomic mass is 9.44. The lowest BCUT2D eigenvalue weighted by Gasteiger charge is -2.61. The van der Waals surface area contributed by atoms with Crippen LogP contribution in [0.5, 0.6) is 0 Å². The number of imidazole rings is 1. The van der Waals surface area contributed by atoms with Gasteiger partial charge in [-0.3, -0.25) is 9.36 Å². The minimum absolute atomic E-state index is 0.00507. The molecule has 0 amide bonds. The molecule has 0 aliphatic heterocycles. The Morgan fingerprint density at radius 3 is 2.83 bits per heavy atom. The fraction of sp³-hybridized carbons (Fsp3) is 0.636. The van der Waals surface area contributed by atoms with Crippen LogP contribution < -0.4 is 10.9 Å². The zero-order chi connectivity index (χ0) is 20.3. The Kier molecular flexibility index (Phi) is 4.10. The number of anilines is 1. The van der Waals surface area contributed by atoms with Crippen molar-refractivity contribution in [1.29, 1.82) is 0 Å². The van der Waals surface area contributed by atoms with Crippen molar-refractivity contribution in [3.63, 3.8) is 0 Å². The molecule has 30 heavy (non-hydrogen) atoms. The molecule has 4 bridgehead atoms. The van der Waals surface area contributed by atoms with Crippen LogP contribution in [0.15, 0.2) is 22.7 Å². The minimum Gasteiger partial charge on any atom is -0.361 e. The SMILES string of the molecule is CCCn1cnc2nc(C34CC5CC(CC(CNc6nccs6)(C5)C3)C4)[nH]c2c1=O. The van der Waals surface area contributed by atoms with Gasteiger partial charge in [0.2, 0.25) is 0 Å². The number of nitrogens with one attached hydrogen (secondary N) is 2. The number of nitrogens with zero attached hydrogens (tertiary/aromatic N) is 4. The van der Waals surface area contributed by atoms with Gasteiger partial charge in [-0.2, -0.15) is 0 Å². The van der Waals surface area contributed by atoms with Crippen molar-refractivity contribution >= 4 is 27.6 Å². The van der Waals surface area contributed by atoms with Crippen LogP contribution in [0, 0.1) is 17.3 Å². The van der Waals surface area contributed by atoms with Crippen molar-refractivity contribution in [2.75, 3.05) is 11.9 Å². The summed E-state index contributed by atoms with van der Waals surface area (Å²) in [5, 5.41) is 6.66. The van der Waals surface area contributed by atoms with Crippen LogP contribution in [0.4, 0.5) is 5.13 Å². The molecule has 4 saturated carbocycles. The van der Waals surface area contributed by atoms with Gasteiger partial charge in [-0.25, -0.2) is 15.0 Å². The van der Waals surface area contributed by atoms with Crippen LogP contribution in [0.1, 0.15) is 57.7 Å². The first-order valence-corrected chi connectivity index (χ1v) is 12.1. The second kappa shape index (κ2) is 6.64. The molecule has 7 rings (SSSR count). The third-order valence-corrected chi connectivity index (χ3v) is 8.41. The highest BCUT2D eigenvalue weighted by Crippen LogP contribution is 2.65. The minimum atomic E-state index is 0.00507. The van der Waals surface area contributed by atoms with Crippen molar-refractivity contribution in [3.8, 4) is 0 Å². The second-order valence-electron chi connectivity index (χ2n) is 9.96. The first-order valence-electron chi connectivity index (χ1n) is 11.2. The van der Waals surface area contributed by atoms with E-state index in [1.54, 1.807) is 22.2 Å². The molecule has 2 atom stereocenters. The van der Waals surface area contributed by atoms with E-state index in [9.17, 15) is 4.79 Å². The van der Waals surface area contributed by atoms with E-state index in [4.69, 9.17) is 4.98 Å². The molecule has 0 spiro atoms. The zero-order valence-electron chi connectivity index (χ0n) is 17.4. The maximum Gasteiger partial charge on any atom is 0.279 e. The second-order valence-corrected chi connectivity index (χ2v) is 10.9. The quantitative estimate of drug-likeness (QED) is 0.626. The van der Waals surface area contributed by atoms with Gasteiger partial charge < -0.3 is 10.3 Å². The standard InChI is InChI=1S/C22H28N6OS/c1-2-4-28-13-25-17-16(18(28)29)26-19(27-17)22-9-14-6-15(10-22)8-21(7-14,11-22)12-24-20-23-3-5-30-20/h3,5,13-15H,2,4,6-12H2,1H3,(H,23,24)(H,26,27). The van der Waals surface area contributed by atoms with E-state index < -0.39 is 0 Å². The first kappa shape index (κ1) is 18.5. The van der Waals surface area contributed by atoms with Gasteiger partial charge in [0.15, 0.2) is 16.3 Å². The number of hydrogen-bond acceptors (Lipinski definition) is 6. The molecule has 3 heterocycles. The summed E-state index contributed by atoms with van der Waals surface area (Å²) < 4.78 is 1.70. The van der Waals surface area contributed by atoms with E-state index >= 15 is 0 Å². The van der Waals surface area contributed by atoms with Crippen molar-refractivity contribution in [2.45, 2.75) is 63.8 Å². The Hall–Kier alpha value is -2.22. The predicted molar refractivity (Wildman–Crippen MR) is 118 cm³/mol. The average Bonchev–Trinajstić information content (AvgIpc) is 3.38. The highest BCUT2D eigenvalue weighted by atomic mass is 32.1. The van der Waals surface area contributed by atoms with Crippen LogP contribution in [0.25, 0.3) is 11.2 Å². The number of fused-ring (bicyclic) bond motifs is 1. The molecule has 0 radical (unpaired) electrons. The van der Waals surface area contributed by atoms with Gasteiger partial charge in [-0.05, 0) is 62.2 Å². The Labute approximate surface area is 179 Å². The van der Waals surface area contributed by atoms with Gasteiger partial charge in [-0.1, -0.05) is 6.92 Å². The first-order chi connectivity index (χ1) is 14.6. The average molecular weight is 425 g/mol. The van der Waals surface area contributed by atoms with Gasteiger partial charge in [0.05, 0.1) is 0 Å². The van der Waals surface area contributed by atoms with Gasteiger partial charge in [0, 0.05) is 30.1 Å². The summed E-state index contributed by atoms with van der Waals surface area (Å²) in [6, 6.07) is 0. The van der Waals surface area contributed by atoms with E-state index in [1.807, 2.05) is 11.6 Å². The topological polar surface area (TPSA) is 88.5 Å². The summed E-state index contributed by atoms with van der Waals surface area (Å²) in [6.07, 6.45) is 11.9. The summed E-state index contributed by atoms with van der Waals surface area (Å²) in [7, 11) is 0. The number of thiazole rings is 1. The van der Waals surface area contributed by atoms with Gasteiger partial charge in [-0.15, -0.1) is 11.3 Å². The molecule has 158 valence electrons. The van der Waals surface area contributed by atoms with Crippen molar-refractivity contribution in [2.24, 2.45) is 17.3 Å². The van der Waals surface area contributed by atoms with Crippen LogP contribution >= 0.6 is 11.3 Å². The van der Waals surface area contributed by atoms with Crippen LogP contribution in [-0.2, 0) is 12.0 Å². The van der Waals surface area contributed by atoms with Crippen LogP contribution in [0.3, 0.4) is 0 Å². The number of aromatic amines is 1. The molecule has 0 saturated heterocycles. The largest absolute Gasteiger partial charge is 0.361 e. The summed E-state index contributed by atoms with van der Waals surface area (Å²) in [5.41, 5.74) is 1.51. The van der Waals surface area contributed by atoms with E-state index in [-0.39, 0.29) is 11.0 Å². The molecular weight excluding hydrogens is 396 g/mol. The third-order valence-electron chi connectivity index (χ3n) is 7.67. The fourth-order valence-corrected chi connectivity index (χ4v) is 7.62. The number of H-pyrrole nitrogens is 1. The lowest BCUT2D eigenvalue weighted by molar-refractivity contribution is -0.0673. The Balaban J connectivity index is 1.36. The van der Waals surface area contributed by atoms with Crippen LogP contribution in [0.2, 0.25) is 0 Å². The molecule has 4 aliphatic rings. The van der Waals surface area contributed by atoms with Gasteiger partial charge in [0.25, 0.3) is 5.56 Å². The monoisotopic (exact) mass is 424 g/mol. The highest BCUT2D eigenvalue weighted by molar-refractivity contribution is 7.13. The predicted octanol–water partition coefficient (Wildman–Crippen LogP) is 3.94. The van der Waals surface area contributed by atoms with Crippen molar-refractivity contribution < 1.29 is 0 Å². The number of hydrogen-bond donors (Lipinski definition) is 2. The van der Waals surface area contributed by atoms with Gasteiger partial charge in [0.1, 0.15) is 12.2 Å². The normalized spacial score (nSPS) is 32.2. The lowest BCUT2D eigenvalue weighted by Crippen LogP contribution is -2.56. The molecule has 0 aromatic carbocycles. The molecule has 8 heteroatoms. The summed E-state index contributed by atoms with van der Waals surface area (Å²) in [5.74, 6) is 2.51. The van der Waals surface area contributed by atoms with E-state index in [0.29, 0.717) is 23.1 Å². The van der Waals surface area contributed by atoms with E-state index in [1.165, 1.54) is 32.1 Å². The molecule has 3 aromatic heterocycles. The van der Waals surface area contributed by atoms with Gasteiger partial charge >= 0.3 is 0 Å². The molecule has 7 nitrogen and oxygen atoms in total. The molecule has 3 aromatic rings. The Bertz CT molecular complexity index is 1120. The maximum atomic E-state index is 12.9. The Morgan fingerprint density at radius 1 is 1.27 bits per heavy atom. The zero-order valence-corrected chi connectivity index (χ0v) is 18.2. The van der Waals surface area contributed by atoms with Crippen LogP contribution in [-0.4, -0.2) is 31.0 Å². The summed E-state index contributed by atoms with van der Waals surface area (Å²) in [6.45, 7) is 3.75. The third kappa shape index (κ3) is 2.83. The molecular formula is C22H28N6OS. The molecule has 4 fully saturated rings. The molecule has 2 unspecified atom stereocenters. The number of rotatable bonds is 6. The summed E-state index contributed by atoms with van der Waals surface area (Å²) in [4.78, 5) is 30.2. The smallest absolute Gasteiger partial charge is 0.279 e. The van der Waals surface area contributed by atoms with Crippen molar-refractivity contribution in [1.82, 2.24) is 24.5 Å². The molecule has 2 N–H and O–H groups in total. The fourth-order valence-electron chi connectivity index (χ4n) is 7.09. The number of aromatic nitrogens is 5. The summed E-state index contributed by atoms with van der Waals surface area (Å²) >= 11 is 1.67. The highest BCUT2D eigenvalue weighted by Gasteiger charge is 2.59. The van der Waals surface area contributed by atoms with E-state index in [0.717, 1.165) is 42.2 Å². The Morgan fingerprint density at radius 2 is 2.10 bits per heavy atom. The van der Waals surface area contributed by atoms with E-state index in [2.05, 4.69) is 27.2 Å².